The second-order valence-corrected chi connectivity index (χ2v) is 7.58. The van der Waals surface area contributed by atoms with Gasteiger partial charge in [-0.2, -0.15) is 0 Å². The van der Waals surface area contributed by atoms with E-state index in [-0.39, 0.29) is 22.7 Å². The third kappa shape index (κ3) is 4.23. The van der Waals surface area contributed by atoms with Gasteiger partial charge in [-0.05, 0) is 35.4 Å². The van der Waals surface area contributed by atoms with Crippen LogP contribution in [-0.2, 0) is 22.7 Å². The zero-order valence-corrected chi connectivity index (χ0v) is 13.6. The van der Waals surface area contributed by atoms with Crippen LogP contribution in [0.25, 0.3) is 0 Å². The van der Waals surface area contributed by atoms with Gasteiger partial charge in [0.05, 0.1) is 0 Å². The smallest absolute Gasteiger partial charge is 0.198 e. The highest BCUT2D eigenvalue weighted by molar-refractivity contribution is 7.98. The molecular weight excluding hydrogens is 308 g/mol. The Balaban J connectivity index is 2.09. The van der Waals surface area contributed by atoms with Gasteiger partial charge in [-0.15, -0.1) is 0 Å². The van der Waals surface area contributed by atoms with Crippen molar-refractivity contribution in [2.75, 3.05) is 11.5 Å². The van der Waals surface area contributed by atoms with E-state index in [2.05, 4.69) is 13.2 Å². The van der Waals surface area contributed by atoms with Crippen LogP contribution in [0.2, 0.25) is 0 Å². The van der Waals surface area contributed by atoms with Gasteiger partial charge in [0.1, 0.15) is 0 Å². The average Bonchev–Trinajstić information content (AvgIpc) is 2.51. The van der Waals surface area contributed by atoms with E-state index < -0.39 is 9.84 Å². The molecule has 0 spiro atoms. The molecule has 2 aromatic carbocycles. The summed E-state index contributed by atoms with van der Waals surface area (Å²) in [4.78, 5) is 0.255. The highest BCUT2D eigenvalue weighted by Gasteiger charge is 2.20. The zero-order valence-electron chi connectivity index (χ0n) is 12.8. The van der Waals surface area contributed by atoms with Gasteiger partial charge >= 0.3 is 0 Å². The predicted octanol–water partition coefficient (Wildman–Crippen LogP) is 3.08. The van der Waals surface area contributed by atoms with Gasteiger partial charge in [-0.3, -0.25) is 0 Å². The Hall–Kier alpha value is -2.53. The Morgan fingerprint density at radius 3 is 1.35 bits per heavy atom. The summed E-state index contributed by atoms with van der Waals surface area (Å²) in [5.41, 5.74) is 14.2. The standard InChI is InChI=1S/C18H20N2O2S/c1-13(11-15-3-7-17(19)8-4-15)23(21,22)14(2)12-16-5-9-18(20)10-6-16/h3-10H,1-2,11-12,19-20H2. The molecule has 0 aromatic heterocycles. The molecule has 0 atom stereocenters. The number of hydrogen-bond acceptors (Lipinski definition) is 4. The minimum Gasteiger partial charge on any atom is -0.399 e. The Bertz CT molecular complexity index is 755. The monoisotopic (exact) mass is 328 g/mol. The van der Waals surface area contributed by atoms with Gasteiger partial charge < -0.3 is 11.5 Å². The van der Waals surface area contributed by atoms with Crippen molar-refractivity contribution in [3.05, 3.63) is 82.6 Å². The summed E-state index contributed by atoms with van der Waals surface area (Å²) < 4.78 is 25.0. The van der Waals surface area contributed by atoms with Gasteiger partial charge in [0.15, 0.2) is 9.84 Å². The maximum Gasteiger partial charge on any atom is 0.198 e. The second kappa shape index (κ2) is 6.71. The first-order valence-corrected chi connectivity index (χ1v) is 8.57. The van der Waals surface area contributed by atoms with Crippen LogP contribution >= 0.6 is 0 Å². The summed E-state index contributed by atoms with van der Waals surface area (Å²) in [6.45, 7) is 7.44. The third-order valence-corrected chi connectivity index (χ3v) is 5.33. The molecule has 0 heterocycles. The molecule has 2 rings (SSSR count). The van der Waals surface area contributed by atoms with Crippen LogP contribution in [0.5, 0.6) is 0 Å². The van der Waals surface area contributed by atoms with E-state index >= 15 is 0 Å². The van der Waals surface area contributed by atoms with Crippen LogP contribution in [0.1, 0.15) is 11.1 Å². The van der Waals surface area contributed by atoms with Crippen LogP contribution in [0, 0.1) is 0 Å². The van der Waals surface area contributed by atoms with E-state index in [0.29, 0.717) is 11.4 Å². The van der Waals surface area contributed by atoms with E-state index in [1.807, 2.05) is 0 Å². The fourth-order valence-corrected chi connectivity index (χ4v) is 3.24. The fourth-order valence-electron chi connectivity index (χ4n) is 2.12. The molecule has 4 nitrogen and oxygen atoms in total. The normalized spacial score (nSPS) is 11.1. The Morgan fingerprint density at radius 1 is 0.739 bits per heavy atom. The molecule has 0 aliphatic rings. The fraction of sp³-hybridized carbons (Fsp3) is 0.111. The molecule has 0 bridgehead atoms. The Labute approximate surface area is 137 Å². The minimum atomic E-state index is -3.61. The largest absolute Gasteiger partial charge is 0.399 e. The maximum absolute atomic E-state index is 12.5. The second-order valence-electron chi connectivity index (χ2n) is 5.42. The van der Waals surface area contributed by atoms with E-state index in [1.165, 1.54) is 0 Å². The van der Waals surface area contributed by atoms with Crippen LogP contribution < -0.4 is 11.5 Å². The van der Waals surface area contributed by atoms with E-state index in [0.717, 1.165) is 11.1 Å². The van der Waals surface area contributed by atoms with Gasteiger partial charge in [-0.25, -0.2) is 8.42 Å². The molecule has 0 unspecified atom stereocenters. The van der Waals surface area contributed by atoms with Crippen molar-refractivity contribution in [2.45, 2.75) is 12.8 Å². The molecule has 4 N–H and O–H groups in total. The number of allylic oxidation sites excluding steroid dienone is 2. The topological polar surface area (TPSA) is 86.2 Å². The molecule has 0 radical (unpaired) electrons. The van der Waals surface area contributed by atoms with E-state index in [4.69, 9.17) is 11.5 Å². The molecule has 0 saturated carbocycles. The molecule has 0 saturated heterocycles. The van der Waals surface area contributed by atoms with Crippen LogP contribution in [0.15, 0.2) is 71.5 Å². The summed E-state index contributed by atoms with van der Waals surface area (Å²) >= 11 is 0. The van der Waals surface area contributed by atoms with Crippen molar-refractivity contribution in [3.8, 4) is 0 Å². The lowest BCUT2D eigenvalue weighted by atomic mass is 10.1. The van der Waals surface area contributed by atoms with Crippen molar-refractivity contribution in [1.82, 2.24) is 0 Å². The number of rotatable bonds is 6. The summed E-state index contributed by atoms with van der Waals surface area (Å²) in [6, 6.07) is 14.1. The first-order valence-electron chi connectivity index (χ1n) is 7.08. The van der Waals surface area contributed by atoms with Crippen molar-refractivity contribution >= 4 is 21.2 Å². The summed E-state index contributed by atoms with van der Waals surface area (Å²) in [6.07, 6.45) is 0.479. The molecule has 0 fully saturated rings. The highest BCUT2D eigenvalue weighted by Crippen LogP contribution is 2.22. The quantitative estimate of drug-likeness (QED) is 0.798. The summed E-state index contributed by atoms with van der Waals surface area (Å²) in [5.74, 6) is 0. The van der Waals surface area contributed by atoms with Crippen molar-refractivity contribution < 1.29 is 8.42 Å². The Kier molecular flexibility index (Phi) is 4.91. The SMILES string of the molecule is C=C(Cc1ccc(N)cc1)S(=O)(=O)C(=C)Cc1ccc(N)cc1. The van der Waals surface area contributed by atoms with Crippen LogP contribution in [0.4, 0.5) is 11.4 Å². The maximum atomic E-state index is 12.5. The molecule has 0 aliphatic carbocycles. The van der Waals surface area contributed by atoms with E-state index in [1.54, 1.807) is 48.5 Å². The number of nitrogen functional groups attached to an aromatic ring is 2. The Morgan fingerprint density at radius 2 is 1.04 bits per heavy atom. The number of nitrogens with two attached hydrogens (primary N) is 2. The van der Waals surface area contributed by atoms with Gasteiger partial charge in [0.25, 0.3) is 0 Å². The van der Waals surface area contributed by atoms with Crippen molar-refractivity contribution in [3.63, 3.8) is 0 Å². The molecule has 0 aliphatic heterocycles. The third-order valence-electron chi connectivity index (χ3n) is 3.52. The average molecular weight is 328 g/mol. The summed E-state index contributed by atoms with van der Waals surface area (Å²) in [7, 11) is -3.61. The lowest BCUT2D eigenvalue weighted by Gasteiger charge is -2.11. The molecule has 120 valence electrons. The minimum absolute atomic E-state index is 0.128. The molecule has 0 amide bonds. The lowest BCUT2D eigenvalue weighted by molar-refractivity contribution is 0.606. The molecule has 23 heavy (non-hydrogen) atoms. The first-order chi connectivity index (χ1) is 10.8. The molecule has 2 aromatic rings. The molecular formula is C18H20N2O2S. The lowest BCUT2D eigenvalue weighted by Crippen LogP contribution is -2.10. The van der Waals surface area contributed by atoms with Crippen molar-refractivity contribution in [1.29, 1.82) is 0 Å². The highest BCUT2D eigenvalue weighted by atomic mass is 32.2. The zero-order chi connectivity index (χ0) is 17.0. The predicted molar refractivity (Wildman–Crippen MR) is 96.3 cm³/mol. The number of anilines is 2. The van der Waals surface area contributed by atoms with Crippen LogP contribution in [0.3, 0.4) is 0 Å². The van der Waals surface area contributed by atoms with Crippen molar-refractivity contribution in [2.24, 2.45) is 0 Å². The van der Waals surface area contributed by atoms with Gasteiger partial charge in [-0.1, -0.05) is 37.4 Å². The number of sulfone groups is 1. The van der Waals surface area contributed by atoms with Gasteiger partial charge in [0.2, 0.25) is 0 Å². The van der Waals surface area contributed by atoms with Crippen LogP contribution in [-0.4, -0.2) is 8.42 Å². The first kappa shape index (κ1) is 16.8. The van der Waals surface area contributed by atoms with Gasteiger partial charge in [0, 0.05) is 34.0 Å². The number of benzene rings is 2. The summed E-state index contributed by atoms with van der Waals surface area (Å²) in [5, 5.41) is 0. The van der Waals surface area contributed by atoms with E-state index in [9.17, 15) is 8.42 Å². The molecule has 5 heteroatoms. The number of hydrogen-bond donors (Lipinski definition) is 2.